The van der Waals surface area contributed by atoms with Gasteiger partial charge in [0.05, 0.1) is 18.9 Å². The number of benzene rings is 2. The van der Waals surface area contributed by atoms with Crippen molar-refractivity contribution in [1.82, 2.24) is 5.32 Å². The molecule has 1 N–H and O–H groups in total. The molecule has 0 aliphatic heterocycles. The molecule has 0 bridgehead atoms. The van der Waals surface area contributed by atoms with Crippen LogP contribution in [0.1, 0.15) is 29.7 Å². The van der Waals surface area contributed by atoms with Crippen LogP contribution in [0.4, 0.5) is 0 Å². The molecule has 3 nitrogen and oxygen atoms in total. The molecule has 2 aromatic rings. The van der Waals surface area contributed by atoms with Gasteiger partial charge >= 0.3 is 0 Å². The molecule has 122 valence electrons. The highest BCUT2D eigenvalue weighted by Crippen LogP contribution is 2.24. The zero-order valence-corrected chi connectivity index (χ0v) is 14.7. The second kappa shape index (κ2) is 8.63. The molecule has 1 atom stereocenters. The number of rotatable bonds is 7. The van der Waals surface area contributed by atoms with E-state index in [1.165, 1.54) is 5.56 Å². The van der Waals surface area contributed by atoms with Crippen molar-refractivity contribution in [2.75, 3.05) is 12.9 Å². The zero-order chi connectivity index (χ0) is 16.7. The molecule has 0 unspecified atom stereocenters. The minimum atomic E-state index is 0.0257. The smallest absolute Gasteiger partial charge is 0.230 e. The number of carbonyl (C=O) groups excluding carboxylic acids is 1. The molecule has 0 saturated carbocycles. The van der Waals surface area contributed by atoms with Gasteiger partial charge in [-0.05, 0) is 25.5 Å². The average molecular weight is 329 g/mol. The normalized spacial score (nSPS) is 11.8. The summed E-state index contributed by atoms with van der Waals surface area (Å²) in [5, 5.41) is 3.03. The van der Waals surface area contributed by atoms with Gasteiger partial charge in [0, 0.05) is 11.3 Å². The Morgan fingerprint density at radius 1 is 1.22 bits per heavy atom. The lowest BCUT2D eigenvalue weighted by molar-refractivity contribution is -0.119. The van der Waals surface area contributed by atoms with Crippen molar-refractivity contribution in [3.63, 3.8) is 0 Å². The highest BCUT2D eigenvalue weighted by Gasteiger charge is 2.10. The third kappa shape index (κ3) is 5.32. The second-order valence-corrected chi connectivity index (χ2v) is 6.49. The number of nitrogens with one attached hydrogen (secondary N) is 1. The molecule has 0 fully saturated rings. The van der Waals surface area contributed by atoms with E-state index in [0.717, 1.165) is 22.6 Å². The molecule has 0 aliphatic rings. The molecule has 4 heteroatoms. The van der Waals surface area contributed by atoms with Crippen molar-refractivity contribution in [3.8, 4) is 5.75 Å². The van der Waals surface area contributed by atoms with Crippen molar-refractivity contribution >= 4 is 17.7 Å². The van der Waals surface area contributed by atoms with E-state index in [0.29, 0.717) is 5.75 Å². The Balaban J connectivity index is 1.82. The van der Waals surface area contributed by atoms with Gasteiger partial charge < -0.3 is 10.1 Å². The van der Waals surface area contributed by atoms with Gasteiger partial charge in [0.1, 0.15) is 5.75 Å². The van der Waals surface area contributed by atoms with Crippen molar-refractivity contribution in [1.29, 1.82) is 0 Å². The first-order valence-electron chi connectivity index (χ1n) is 7.65. The van der Waals surface area contributed by atoms with Gasteiger partial charge in [0.15, 0.2) is 0 Å². The number of carbonyl (C=O) groups is 1. The number of ether oxygens (including phenoxy) is 1. The maximum absolute atomic E-state index is 12.1. The summed E-state index contributed by atoms with van der Waals surface area (Å²) in [6.45, 7) is 4.06. The summed E-state index contributed by atoms with van der Waals surface area (Å²) in [5.41, 5.74) is 3.44. The third-order valence-corrected chi connectivity index (χ3v) is 4.59. The quantitative estimate of drug-likeness (QED) is 0.830. The highest BCUT2D eigenvalue weighted by molar-refractivity contribution is 7.99. The lowest BCUT2D eigenvalue weighted by Crippen LogP contribution is -2.28. The Bertz CT molecular complexity index is 643. The van der Waals surface area contributed by atoms with Crippen LogP contribution in [0, 0.1) is 6.92 Å². The van der Waals surface area contributed by atoms with Crippen LogP contribution in [-0.2, 0) is 10.5 Å². The topological polar surface area (TPSA) is 38.3 Å². The number of aryl methyl sites for hydroxylation is 1. The summed E-state index contributed by atoms with van der Waals surface area (Å²) >= 11 is 1.60. The molecule has 23 heavy (non-hydrogen) atoms. The summed E-state index contributed by atoms with van der Waals surface area (Å²) < 4.78 is 5.37. The molecule has 2 rings (SSSR count). The predicted octanol–water partition coefficient (Wildman–Crippen LogP) is 4.11. The van der Waals surface area contributed by atoms with Gasteiger partial charge in [-0.25, -0.2) is 0 Å². The predicted molar refractivity (Wildman–Crippen MR) is 96.9 cm³/mol. The molecule has 0 spiro atoms. The van der Waals surface area contributed by atoms with Gasteiger partial charge in [-0.3, -0.25) is 4.79 Å². The second-order valence-electron chi connectivity index (χ2n) is 5.51. The Hall–Kier alpha value is -1.94. The summed E-state index contributed by atoms with van der Waals surface area (Å²) in [5.74, 6) is 2.13. The van der Waals surface area contributed by atoms with Gasteiger partial charge in [0.25, 0.3) is 0 Å². The maximum atomic E-state index is 12.1. The van der Waals surface area contributed by atoms with Gasteiger partial charge in [-0.2, -0.15) is 0 Å². The van der Waals surface area contributed by atoms with Crippen molar-refractivity contribution in [2.45, 2.75) is 25.6 Å². The summed E-state index contributed by atoms with van der Waals surface area (Å²) in [4.78, 5) is 12.1. The van der Waals surface area contributed by atoms with E-state index < -0.39 is 0 Å². The van der Waals surface area contributed by atoms with E-state index in [4.69, 9.17) is 4.74 Å². The van der Waals surface area contributed by atoms with Crippen LogP contribution in [0.5, 0.6) is 5.75 Å². The Morgan fingerprint density at radius 2 is 1.96 bits per heavy atom. The highest BCUT2D eigenvalue weighted by atomic mass is 32.2. The standard InChI is InChI=1S/C19H23NO2S/c1-14-9-10-18(22-3)17(11-14)12-23-13-19(21)20-15(2)16-7-5-4-6-8-16/h4-11,15H,12-13H2,1-3H3,(H,20,21)/t15-/m1/s1. The van der Waals surface area contributed by atoms with Crippen molar-refractivity contribution in [3.05, 3.63) is 65.2 Å². The number of hydrogen-bond donors (Lipinski definition) is 1. The zero-order valence-electron chi connectivity index (χ0n) is 13.8. The summed E-state index contributed by atoms with van der Waals surface area (Å²) in [7, 11) is 1.67. The fourth-order valence-electron chi connectivity index (χ4n) is 2.38. The molecule has 0 aliphatic carbocycles. The van der Waals surface area contributed by atoms with E-state index in [2.05, 4.69) is 18.3 Å². The first-order chi connectivity index (χ1) is 11.1. The third-order valence-electron chi connectivity index (χ3n) is 3.60. The lowest BCUT2D eigenvalue weighted by atomic mass is 10.1. The number of thioether (sulfide) groups is 1. The van der Waals surface area contributed by atoms with Crippen LogP contribution in [0.3, 0.4) is 0 Å². The molecule has 0 aromatic heterocycles. The summed E-state index contributed by atoms with van der Waals surface area (Å²) in [6, 6.07) is 16.1. The first kappa shape index (κ1) is 17.4. The monoisotopic (exact) mass is 329 g/mol. The molecule has 1 amide bonds. The summed E-state index contributed by atoms with van der Waals surface area (Å²) in [6.07, 6.45) is 0. The van der Waals surface area contributed by atoms with Crippen molar-refractivity contribution in [2.24, 2.45) is 0 Å². The van der Waals surface area contributed by atoms with E-state index in [9.17, 15) is 4.79 Å². The van der Waals surface area contributed by atoms with Gasteiger partial charge in [-0.1, -0.05) is 48.0 Å². The average Bonchev–Trinajstić information content (AvgIpc) is 2.56. The van der Waals surface area contributed by atoms with Crippen LogP contribution in [0.2, 0.25) is 0 Å². The van der Waals surface area contributed by atoms with E-state index in [-0.39, 0.29) is 11.9 Å². The van der Waals surface area contributed by atoms with Crippen LogP contribution in [0.15, 0.2) is 48.5 Å². The van der Waals surface area contributed by atoms with E-state index in [1.54, 1.807) is 18.9 Å². The van der Waals surface area contributed by atoms with Crippen LogP contribution >= 0.6 is 11.8 Å². The Morgan fingerprint density at radius 3 is 2.65 bits per heavy atom. The molecule has 0 radical (unpaired) electrons. The number of methoxy groups -OCH3 is 1. The number of amides is 1. The van der Waals surface area contributed by atoms with Crippen LogP contribution < -0.4 is 10.1 Å². The Labute approximate surface area is 142 Å². The lowest BCUT2D eigenvalue weighted by Gasteiger charge is -2.14. The SMILES string of the molecule is COc1ccc(C)cc1CSCC(=O)N[C@H](C)c1ccccc1. The van der Waals surface area contributed by atoms with Gasteiger partial charge in [-0.15, -0.1) is 11.8 Å². The molecular formula is C19H23NO2S. The van der Waals surface area contributed by atoms with Crippen LogP contribution in [-0.4, -0.2) is 18.8 Å². The molecule has 2 aromatic carbocycles. The van der Waals surface area contributed by atoms with Gasteiger partial charge in [0.2, 0.25) is 5.91 Å². The maximum Gasteiger partial charge on any atom is 0.230 e. The Kier molecular flexibility index (Phi) is 6.53. The number of hydrogen-bond acceptors (Lipinski definition) is 3. The largest absolute Gasteiger partial charge is 0.496 e. The van der Waals surface area contributed by atoms with Crippen molar-refractivity contribution < 1.29 is 9.53 Å². The molecular weight excluding hydrogens is 306 g/mol. The van der Waals surface area contributed by atoms with E-state index >= 15 is 0 Å². The molecule has 0 saturated heterocycles. The fraction of sp³-hybridized carbons (Fsp3) is 0.316. The fourth-order valence-corrected chi connectivity index (χ4v) is 3.20. The minimum Gasteiger partial charge on any atom is -0.496 e. The minimum absolute atomic E-state index is 0.0257. The van der Waals surface area contributed by atoms with Crippen LogP contribution in [0.25, 0.3) is 0 Å². The first-order valence-corrected chi connectivity index (χ1v) is 8.81. The molecule has 0 heterocycles. The van der Waals surface area contributed by atoms with E-state index in [1.807, 2.05) is 49.4 Å².